The van der Waals surface area contributed by atoms with Crippen LogP contribution in [0.5, 0.6) is 0 Å². The van der Waals surface area contributed by atoms with E-state index in [-0.39, 0.29) is 0 Å². The van der Waals surface area contributed by atoms with Crippen molar-refractivity contribution in [3.63, 3.8) is 0 Å². The van der Waals surface area contributed by atoms with Crippen LogP contribution in [0.3, 0.4) is 0 Å². The van der Waals surface area contributed by atoms with Gasteiger partial charge in [0.15, 0.2) is 0 Å². The van der Waals surface area contributed by atoms with Crippen molar-refractivity contribution in [1.29, 1.82) is 0 Å². The summed E-state index contributed by atoms with van der Waals surface area (Å²) in [5, 5.41) is 12.5. The molecule has 92 valence electrons. The fourth-order valence-electron chi connectivity index (χ4n) is 3.02. The van der Waals surface area contributed by atoms with Crippen molar-refractivity contribution in [3.05, 3.63) is 35.9 Å². The number of benzene rings is 1. The number of nitrogens with zero attached hydrogens (tertiary/aromatic N) is 1. The highest BCUT2D eigenvalue weighted by atomic mass is 16.4. The van der Waals surface area contributed by atoms with E-state index in [1.54, 1.807) is 0 Å². The summed E-state index contributed by atoms with van der Waals surface area (Å²) in [7, 11) is 0. The van der Waals surface area contributed by atoms with E-state index in [4.69, 9.17) is 5.21 Å². The summed E-state index contributed by atoms with van der Waals surface area (Å²) in [6.07, 6.45) is 3.60. The highest BCUT2D eigenvalue weighted by Crippen LogP contribution is 2.40. The minimum atomic E-state index is 0.395. The highest BCUT2D eigenvalue weighted by Gasteiger charge is 2.31. The van der Waals surface area contributed by atoms with Gasteiger partial charge in [-0.1, -0.05) is 48.8 Å². The molecule has 2 nitrogen and oxygen atoms in total. The van der Waals surface area contributed by atoms with Crippen molar-refractivity contribution >= 4 is 5.71 Å². The molecule has 0 aliphatic heterocycles. The monoisotopic (exact) mass is 231 g/mol. The number of rotatable bonds is 2. The molecule has 1 aromatic rings. The molecule has 3 unspecified atom stereocenters. The molecule has 1 aromatic carbocycles. The quantitative estimate of drug-likeness (QED) is 0.465. The third kappa shape index (κ3) is 2.68. The van der Waals surface area contributed by atoms with Crippen LogP contribution in [0.1, 0.15) is 44.6 Å². The first-order valence-electron chi connectivity index (χ1n) is 6.46. The Morgan fingerprint density at radius 2 is 1.94 bits per heavy atom. The Bertz CT molecular complexity index is 385. The maximum Gasteiger partial charge on any atom is 0.0577 e. The summed E-state index contributed by atoms with van der Waals surface area (Å²) >= 11 is 0. The van der Waals surface area contributed by atoms with Gasteiger partial charge in [0, 0.05) is 5.92 Å². The summed E-state index contributed by atoms with van der Waals surface area (Å²) in [4.78, 5) is 0. The summed E-state index contributed by atoms with van der Waals surface area (Å²) in [6, 6.07) is 10.6. The summed E-state index contributed by atoms with van der Waals surface area (Å²) < 4.78 is 0. The average molecular weight is 231 g/mol. The maximum absolute atomic E-state index is 9.03. The fourth-order valence-corrected chi connectivity index (χ4v) is 3.02. The van der Waals surface area contributed by atoms with Crippen LogP contribution in [-0.2, 0) is 0 Å². The number of hydrogen-bond donors (Lipinski definition) is 1. The lowest BCUT2D eigenvalue weighted by molar-refractivity contribution is 0.278. The van der Waals surface area contributed by atoms with Gasteiger partial charge in [0.05, 0.1) is 5.71 Å². The standard InChI is InChI=1S/C15H21NO/c1-11-8-9-14(13-6-4-3-5-7-13)15(10-11)12(2)16-17/h3-7,11,14-15,17H,8-10H2,1-2H3/b16-12+. The van der Waals surface area contributed by atoms with Gasteiger partial charge in [0.2, 0.25) is 0 Å². The van der Waals surface area contributed by atoms with E-state index >= 15 is 0 Å². The Kier molecular flexibility index (Phi) is 3.82. The summed E-state index contributed by atoms with van der Waals surface area (Å²) in [5.74, 6) is 1.64. The lowest BCUT2D eigenvalue weighted by Crippen LogP contribution is -2.27. The van der Waals surface area contributed by atoms with Crippen LogP contribution < -0.4 is 0 Å². The zero-order valence-electron chi connectivity index (χ0n) is 10.6. The predicted molar refractivity (Wildman–Crippen MR) is 70.6 cm³/mol. The molecule has 0 bridgehead atoms. The van der Waals surface area contributed by atoms with Crippen molar-refractivity contribution in [3.8, 4) is 0 Å². The second-order valence-electron chi connectivity index (χ2n) is 5.28. The van der Waals surface area contributed by atoms with E-state index in [0.717, 1.165) is 18.1 Å². The molecule has 1 aliphatic carbocycles. The smallest absolute Gasteiger partial charge is 0.0577 e. The van der Waals surface area contributed by atoms with Gasteiger partial charge in [-0.25, -0.2) is 0 Å². The molecule has 0 heterocycles. The summed E-state index contributed by atoms with van der Waals surface area (Å²) in [5.41, 5.74) is 2.26. The first kappa shape index (κ1) is 12.2. The van der Waals surface area contributed by atoms with Crippen LogP contribution in [0.25, 0.3) is 0 Å². The Hall–Kier alpha value is -1.31. The van der Waals surface area contributed by atoms with E-state index in [2.05, 4.69) is 42.4 Å². The average Bonchev–Trinajstić information content (AvgIpc) is 2.38. The first-order chi connectivity index (χ1) is 8.22. The molecule has 0 aromatic heterocycles. The first-order valence-corrected chi connectivity index (χ1v) is 6.46. The predicted octanol–water partition coefficient (Wildman–Crippen LogP) is 4.06. The second-order valence-corrected chi connectivity index (χ2v) is 5.28. The van der Waals surface area contributed by atoms with E-state index in [9.17, 15) is 0 Å². The van der Waals surface area contributed by atoms with Crippen LogP contribution in [0, 0.1) is 11.8 Å². The molecule has 1 fully saturated rings. The fraction of sp³-hybridized carbons (Fsp3) is 0.533. The van der Waals surface area contributed by atoms with E-state index < -0.39 is 0 Å². The van der Waals surface area contributed by atoms with E-state index in [0.29, 0.717) is 11.8 Å². The zero-order chi connectivity index (χ0) is 12.3. The van der Waals surface area contributed by atoms with Gasteiger partial charge in [-0.05, 0) is 37.2 Å². The third-order valence-corrected chi connectivity index (χ3v) is 4.03. The number of oxime groups is 1. The van der Waals surface area contributed by atoms with Crippen LogP contribution in [0.2, 0.25) is 0 Å². The normalized spacial score (nSPS) is 30.2. The van der Waals surface area contributed by atoms with Gasteiger partial charge in [0.1, 0.15) is 0 Å². The van der Waals surface area contributed by atoms with Crippen LogP contribution in [0.4, 0.5) is 0 Å². The van der Waals surface area contributed by atoms with Crippen LogP contribution in [-0.4, -0.2) is 10.9 Å². The molecule has 0 amide bonds. The molecule has 1 saturated carbocycles. The van der Waals surface area contributed by atoms with Crippen LogP contribution >= 0.6 is 0 Å². The highest BCUT2D eigenvalue weighted by molar-refractivity contribution is 5.84. The van der Waals surface area contributed by atoms with Crippen molar-refractivity contribution in [2.24, 2.45) is 17.0 Å². The van der Waals surface area contributed by atoms with Crippen molar-refractivity contribution in [2.45, 2.75) is 39.0 Å². The lowest BCUT2D eigenvalue weighted by Gasteiger charge is -2.34. The van der Waals surface area contributed by atoms with Gasteiger partial charge < -0.3 is 5.21 Å². The topological polar surface area (TPSA) is 32.6 Å². The molecule has 3 atom stereocenters. The van der Waals surface area contributed by atoms with Gasteiger partial charge in [-0.15, -0.1) is 0 Å². The van der Waals surface area contributed by atoms with Crippen LogP contribution in [0.15, 0.2) is 35.5 Å². The Balaban J connectivity index is 2.25. The number of hydrogen-bond acceptors (Lipinski definition) is 2. The summed E-state index contributed by atoms with van der Waals surface area (Å²) in [6.45, 7) is 4.23. The molecule has 2 heteroatoms. The molecule has 0 saturated heterocycles. The minimum absolute atomic E-state index is 0.395. The molecular weight excluding hydrogens is 210 g/mol. The Labute approximate surface area is 103 Å². The largest absolute Gasteiger partial charge is 0.411 e. The molecule has 1 aliphatic rings. The van der Waals surface area contributed by atoms with Gasteiger partial charge >= 0.3 is 0 Å². The maximum atomic E-state index is 9.03. The molecule has 0 spiro atoms. The molecule has 17 heavy (non-hydrogen) atoms. The van der Waals surface area contributed by atoms with E-state index in [1.807, 2.05) is 6.92 Å². The molecule has 2 rings (SSSR count). The Morgan fingerprint density at radius 3 is 2.59 bits per heavy atom. The van der Waals surface area contributed by atoms with Crippen molar-refractivity contribution in [2.75, 3.05) is 0 Å². The van der Waals surface area contributed by atoms with Gasteiger partial charge in [0.25, 0.3) is 0 Å². The second kappa shape index (κ2) is 5.35. The van der Waals surface area contributed by atoms with Gasteiger partial charge in [-0.2, -0.15) is 0 Å². The molecular formula is C15H21NO. The van der Waals surface area contributed by atoms with Gasteiger partial charge in [-0.3, -0.25) is 0 Å². The Morgan fingerprint density at radius 1 is 1.24 bits per heavy atom. The third-order valence-electron chi connectivity index (χ3n) is 4.03. The van der Waals surface area contributed by atoms with Crippen molar-refractivity contribution in [1.82, 2.24) is 0 Å². The van der Waals surface area contributed by atoms with Crippen molar-refractivity contribution < 1.29 is 5.21 Å². The zero-order valence-corrected chi connectivity index (χ0v) is 10.6. The lowest BCUT2D eigenvalue weighted by atomic mass is 9.70. The molecule has 1 N–H and O–H groups in total. The molecule has 0 radical (unpaired) electrons. The van der Waals surface area contributed by atoms with E-state index in [1.165, 1.54) is 18.4 Å². The minimum Gasteiger partial charge on any atom is -0.411 e. The SMILES string of the molecule is C/C(=N\O)C1CC(C)CCC1c1ccccc1.